The van der Waals surface area contributed by atoms with Gasteiger partial charge in [0.05, 0.1) is 18.2 Å². The molecule has 7 nitrogen and oxygen atoms in total. The van der Waals surface area contributed by atoms with E-state index in [0.717, 1.165) is 41.5 Å². The highest BCUT2D eigenvalue weighted by Gasteiger charge is 2.29. The molecule has 1 aromatic heterocycles. The van der Waals surface area contributed by atoms with Gasteiger partial charge in [-0.3, -0.25) is 4.79 Å². The fraction of sp³-hybridized carbons (Fsp3) is 0.450. The van der Waals surface area contributed by atoms with Crippen LogP contribution in [0.5, 0.6) is 0 Å². The van der Waals surface area contributed by atoms with Gasteiger partial charge in [-0.2, -0.15) is 0 Å². The summed E-state index contributed by atoms with van der Waals surface area (Å²) in [7, 11) is 1.20. The average molecular weight is 448 g/mol. The summed E-state index contributed by atoms with van der Waals surface area (Å²) >= 11 is 3.50. The van der Waals surface area contributed by atoms with Gasteiger partial charge >= 0.3 is 12.0 Å². The lowest BCUT2D eigenvalue weighted by molar-refractivity contribution is -0.135. The van der Waals surface area contributed by atoms with E-state index in [0.29, 0.717) is 30.6 Å². The molecule has 0 radical (unpaired) electrons. The van der Waals surface area contributed by atoms with Gasteiger partial charge in [-0.1, -0.05) is 15.9 Å². The van der Waals surface area contributed by atoms with Crippen LogP contribution in [0.3, 0.4) is 0 Å². The quantitative estimate of drug-likeness (QED) is 0.402. The number of likely N-dealkylation sites (tertiary alicyclic amines) is 1. The first kappa shape index (κ1) is 19.0. The number of hydrogen-bond acceptors (Lipinski definition) is 4. The van der Waals surface area contributed by atoms with Gasteiger partial charge in [0, 0.05) is 48.8 Å². The topological polar surface area (TPSA) is 71.9 Å². The number of amides is 2. The predicted octanol–water partition coefficient (Wildman–Crippen LogP) is 3.18. The van der Waals surface area contributed by atoms with Crippen molar-refractivity contribution >= 4 is 44.6 Å². The number of ether oxygens (including phenoxy) is 1. The number of halogens is 1. The van der Waals surface area contributed by atoms with E-state index in [9.17, 15) is 14.4 Å². The number of benzene rings is 1. The van der Waals surface area contributed by atoms with E-state index in [1.54, 1.807) is 6.20 Å². The highest BCUT2D eigenvalue weighted by atomic mass is 79.9. The third-order valence-electron chi connectivity index (χ3n) is 5.50. The molecule has 2 aliphatic heterocycles. The normalized spacial score (nSPS) is 16.8. The molecule has 0 aliphatic carbocycles. The zero-order chi connectivity index (χ0) is 19.8. The molecule has 28 heavy (non-hydrogen) atoms. The molecule has 2 aromatic rings. The van der Waals surface area contributed by atoms with Crippen LogP contribution in [0.15, 0.2) is 22.8 Å². The molecule has 148 valence electrons. The number of rotatable bonds is 2. The Kier molecular flexibility index (Phi) is 5.14. The second-order valence-electron chi connectivity index (χ2n) is 7.27. The number of Topliss-reactive ketones (excluding diaryl/α,β-unsaturated/α-hetero) is 1. The molecule has 1 fully saturated rings. The first-order valence-corrected chi connectivity index (χ1v) is 10.3. The monoisotopic (exact) mass is 447 g/mol. The van der Waals surface area contributed by atoms with Gasteiger partial charge in [0.2, 0.25) is 0 Å². The van der Waals surface area contributed by atoms with E-state index in [1.165, 1.54) is 13.5 Å². The number of hydrogen-bond donors (Lipinski definition) is 0. The fourth-order valence-corrected chi connectivity index (χ4v) is 4.64. The Morgan fingerprint density at radius 3 is 2.46 bits per heavy atom. The van der Waals surface area contributed by atoms with Gasteiger partial charge in [0.1, 0.15) is 0 Å². The number of ketones is 1. The smallest absolute Gasteiger partial charge is 0.379 e. The molecule has 0 saturated carbocycles. The molecule has 0 atom stereocenters. The molecule has 1 saturated heterocycles. The van der Waals surface area contributed by atoms with Crippen molar-refractivity contribution in [3.05, 3.63) is 33.9 Å². The largest absolute Gasteiger partial charge is 0.463 e. The minimum Gasteiger partial charge on any atom is -0.463 e. The van der Waals surface area contributed by atoms with Crippen molar-refractivity contribution in [2.24, 2.45) is 0 Å². The lowest BCUT2D eigenvalue weighted by Gasteiger charge is -2.32. The van der Waals surface area contributed by atoms with Crippen molar-refractivity contribution in [1.82, 2.24) is 14.4 Å². The van der Waals surface area contributed by atoms with Gasteiger partial charge < -0.3 is 19.1 Å². The molecular formula is C20H22BrN3O4. The molecule has 0 bridgehead atoms. The lowest BCUT2D eigenvalue weighted by Crippen LogP contribution is -2.45. The Labute approximate surface area is 171 Å². The molecule has 0 N–H and O–H groups in total. The van der Waals surface area contributed by atoms with Crippen LogP contribution in [-0.4, -0.2) is 58.9 Å². The Morgan fingerprint density at radius 2 is 1.75 bits per heavy atom. The number of carbonyl (C=O) groups is 3. The summed E-state index contributed by atoms with van der Waals surface area (Å²) in [5.74, 6) is -1.53. The molecule has 2 aliphatic rings. The van der Waals surface area contributed by atoms with Crippen LogP contribution in [0.1, 0.15) is 35.2 Å². The average Bonchev–Trinajstić information content (AvgIpc) is 2.97. The van der Waals surface area contributed by atoms with Crippen molar-refractivity contribution in [3.63, 3.8) is 0 Å². The number of piperidine rings is 1. The van der Waals surface area contributed by atoms with Crippen LogP contribution in [0.4, 0.5) is 4.79 Å². The second-order valence-corrected chi connectivity index (χ2v) is 8.19. The summed E-state index contributed by atoms with van der Waals surface area (Å²) in [6, 6.07) is 3.89. The number of aromatic nitrogens is 1. The number of methoxy groups -OCH3 is 1. The van der Waals surface area contributed by atoms with E-state index in [2.05, 4.69) is 20.7 Å². The predicted molar refractivity (Wildman–Crippen MR) is 107 cm³/mol. The molecule has 3 heterocycles. The Balaban J connectivity index is 1.71. The zero-order valence-corrected chi connectivity index (χ0v) is 17.3. The SMILES string of the molecule is COC(=O)C(=O)c1cn2c3c(cc(Br)cc13)CN(C(=O)N1CCCCC1)CC2. The van der Waals surface area contributed by atoms with Crippen molar-refractivity contribution in [2.75, 3.05) is 26.7 Å². The number of carbonyl (C=O) groups excluding carboxylic acids is 3. The van der Waals surface area contributed by atoms with Crippen LogP contribution in [0.25, 0.3) is 10.9 Å². The van der Waals surface area contributed by atoms with E-state index in [4.69, 9.17) is 0 Å². The summed E-state index contributed by atoms with van der Waals surface area (Å²) in [4.78, 5) is 41.0. The van der Waals surface area contributed by atoms with Gasteiger partial charge in [0.15, 0.2) is 0 Å². The number of urea groups is 1. The van der Waals surface area contributed by atoms with E-state index in [1.807, 2.05) is 26.5 Å². The number of nitrogens with zero attached hydrogens (tertiary/aromatic N) is 3. The van der Waals surface area contributed by atoms with Crippen molar-refractivity contribution in [3.8, 4) is 0 Å². The third-order valence-corrected chi connectivity index (χ3v) is 5.96. The Bertz CT molecular complexity index is 962. The summed E-state index contributed by atoms with van der Waals surface area (Å²) in [5, 5.41) is 0.701. The molecule has 4 rings (SSSR count). The highest BCUT2D eigenvalue weighted by Crippen LogP contribution is 2.32. The van der Waals surface area contributed by atoms with Crippen LogP contribution in [0, 0.1) is 0 Å². The highest BCUT2D eigenvalue weighted by molar-refractivity contribution is 9.10. The van der Waals surface area contributed by atoms with Crippen molar-refractivity contribution < 1.29 is 19.1 Å². The number of esters is 1. The molecule has 2 amide bonds. The Morgan fingerprint density at radius 1 is 1.00 bits per heavy atom. The first-order chi connectivity index (χ1) is 13.5. The van der Waals surface area contributed by atoms with Gasteiger partial charge in [-0.25, -0.2) is 9.59 Å². The minimum absolute atomic E-state index is 0.0736. The summed E-state index contributed by atoms with van der Waals surface area (Å²) in [6.07, 6.45) is 4.99. The molecule has 1 aromatic carbocycles. The maximum atomic E-state index is 13.0. The first-order valence-electron chi connectivity index (χ1n) is 9.47. The lowest BCUT2D eigenvalue weighted by atomic mass is 10.1. The maximum Gasteiger partial charge on any atom is 0.379 e. The Hall–Kier alpha value is -2.35. The fourth-order valence-electron chi connectivity index (χ4n) is 4.13. The van der Waals surface area contributed by atoms with Crippen molar-refractivity contribution in [2.45, 2.75) is 32.4 Å². The van der Waals surface area contributed by atoms with Crippen LogP contribution in [0.2, 0.25) is 0 Å². The second kappa shape index (κ2) is 7.58. The van der Waals surface area contributed by atoms with E-state index >= 15 is 0 Å². The van der Waals surface area contributed by atoms with E-state index < -0.39 is 11.8 Å². The summed E-state index contributed by atoms with van der Waals surface area (Å²) in [6.45, 7) is 3.22. The van der Waals surface area contributed by atoms with Crippen molar-refractivity contribution in [1.29, 1.82) is 0 Å². The van der Waals surface area contributed by atoms with Gasteiger partial charge in [0.25, 0.3) is 5.78 Å². The standard InChI is InChI=1S/C20H22BrN3O4/c1-28-19(26)18(25)16-12-23-7-8-24(20(27)22-5-3-2-4-6-22)11-13-9-14(21)10-15(16)17(13)23/h9-10,12H,2-8,11H2,1H3. The maximum absolute atomic E-state index is 13.0. The molecular weight excluding hydrogens is 426 g/mol. The van der Waals surface area contributed by atoms with Gasteiger partial charge in [-0.15, -0.1) is 0 Å². The van der Waals surface area contributed by atoms with Crippen LogP contribution >= 0.6 is 15.9 Å². The minimum atomic E-state index is -0.875. The van der Waals surface area contributed by atoms with E-state index in [-0.39, 0.29) is 6.03 Å². The van der Waals surface area contributed by atoms with Crippen LogP contribution in [-0.2, 0) is 22.6 Å². The molecule has 8 heteroatoms. The molecule has 0 unspecified atom stereocenters. The van der Waals surface area contributed by atoms with Crippen LogP contribution < -0.4 is 0 Å². The molecule has 0 spiro atoms. The third kappa shape index (κ3) is 3.30. The zero-order valence-electron chi connectivity index (χ0n) is 15.7. The summed E-state index contributed by atoms with van der Waals surface area (Å²) < 4.78 is 7.38. The van der Waals surface area contributed by atoms with Gasteiger partial charge in [-0.05, 0) is 37.0 Å². The summed E-state index contributed by atoms with van der Waals surface area (Å²) in [5.41, 5.74) is 2.18.